The zero-order chi connectivity index (χ0) is 21.0. The lowest BCUT2D eigenvalue weighted by atomic mass is 10.1. The number of fused-ring (bicyclic) bond motifs is 1. The highest BCUT2D eigenvalue weighted by atomic mass is 35.5. The first kappa shape index (κ1) is 21.4. The van der Waals surface area contributed by atoms with Gasteiger partial charge in [-0.3, -0.25) is 9.36 Å². The van der Waals surface area contributed by atoms with Crippen LogP contribution >= 0.6 is 19.2 Å². The molecule has 0 saturated carbocycles. The second kappa shape index (κ2) is 9.01. The lowest BCUT2D eigenvalue weighted by Gasteiger charge is -2.12. The molecule has 3 rings (SSSR count). The quantitative estimate of drug-likeness (QED) is 0.296. The molecule has 0 saturated heterocycles. The molecule has 9 heteroatoms. The maximum absolute atomic E-state index is 11.9. The fourth-order valence-corrected chi connectivity index (χ4v) is 4.11. The van der Waals surface area contributed by atoms with Crippen LogP contribution in [0.3, 0.4) is 0 Å². The topological polar surface area (TPSA) is 104 Å². The van der Waals surface area contributed by atoms with E-state index in [9.17, 15) is 14.3 Å². The molecular formula is C20H22ClN2O5P. The van der Waals surface area contributed by atoms with Gasteiger partial charge in [-0.25, -0.2) is 0 Å². The van der Waals surface area contributed by atoms with Crippen LogP contribution in [-0.4, -0.2) is 21.5 Å². The highest BCUT2D eigenvalue weighted by Crippen LogP contribution is 2.44. The molecule has 0 spiro atoms. The molecular weight excluding hydrogens is 415 g/mol. The molecule has 154 valence electrons. The van der Waals surface area contributed by atoms with Gasteiger partial charge in [-0.2, -0.15) is 0 Å². The summed E-state index contributed by atoms with van der Waals surface area (Å²) < 4.78 is 18.6. The van der Waals surface area contributed by atoms with E-state index in [0.717, 1.165) is 11.1 Å². The molecule has 0 radical (unpaired) electrons. The van der Waals surface area contributed by atoms with Crippen LogP contribution in [0, 0.1) is 0 Å². The molecule has 0 aliphatic carbocycles. The first-order valence-corrected chi connectivity index (χ1v) is 11.2. The maximum Gasteiger partial charge on any atom is 0.366 e. The Balaban J connectivity index is 1.99. The number of carbonyl (C=O) groups is 1. The van der Waals surface area contributed by atoms with Crippen LogP contribution in [0.1, 0.15) is 24.5 Å². The minimum atomic E-state index is -3.87. The predicted molar refractivity (Wildman–Crippen MR) is 112 cm³/mol. The van der Waals surface area contributed by atoms with Crippen LogP contribution in [0.5, 0.6) is 5.75 Å². The van der Waals surface area contributed by atoms with Gasteiger partial charge in [0.2, 0.25) is 5.91 Å². The number of hydrogen-bond acceptors (Lipinski definition) is 4. The molecule has 1 atom stereocenters. The summed E-state index contributed by atoms with van der Waals surface area (Å²) in [6.07, 6.45) is 2.31. The van der Waals surface area contributed by atoms with Crippen molar-refractivity contribution < 1.29 is 23.8 Å². The largest absolute Gasteiger partial charge is 0.369 e. The number of rotatable bonds is 9. The summed E-state index contributed by atoms with van der Waals surface area (Å²) in [5.74, 6) is -0.382. The van der Waals surface area contributed by atoms with Crippen LogP contribution in [0.4, 0.5) is 0 Å². The monoisotopic (exact) mass is 436 g/mol. The third-order valence-electron chi connectivity index (χ3n) is 4.33. The molecule has 3 N–H and O–H groups in total. The molecule has 1 amide bonds. The predicted octanol–water partition coefficient (Wildman–Crippen LogP) is 4.28. The Morgan fingerprint density at radius 2 is 2.00 bits per heavy atom. The number of carbonyl (C=O) groups excluding carboxylic acids is 1. The Labute approximate surface area is 173 Å². The standard InChI is InChI=1S/C20H22ClN2O5P/c1-2-8-29(25,26)28-27-19-10-16-15(9-20(22)24)13-23(18(16)11-17(19)21)12-14-6-4-3-5-7-14/h3-7,10-11,13H,2,8-9,12H2,1H3,(H2,22,24)(H,25,26). The van der Waals surface area contributed by atoms with Crippen molar-refractivity contribution in [1.29, 1.82) is 0 Å². The number of primary amides is 1. The van der Waals surface area contributed by atoms with Gasteiger partial charge in [0.15, 0.2) is 5.75 Å². The van der Waals surface area contributed by atoms with Gasteiger partial charge in [-0.1, -0.05) is 53.5 Å². The maximum atomic E-state index is 11.9. The molecule has 29 heavy (non-hydrogen) atoms. The Bertz CT molecular complexity index is 1070. The number of hydrogen-bond donors (Lipinski definition) is 2. The molecule has 1 unspecified atom stereocenters. The van der Waals surface area contributed by atoms with Gasteiger partial charge in [0.25, 0.3) is 0 Å². The molecule has 0 fully saturated rings. The Morgan fingerprint density at radius 1 is 1.28 bits per heavy atom. The smallest absolute Gasteiger partial charge is 0.366 e. The SMILES string of the molecule is CCCP(=O)(O)OOc1cc2c(CC(N)=O)cn(Cc3ccccc3)c2cc1Cl. The van der Waals surface area contributed by atoms with Gasteiger partial charge < -0.3 is 20.1 Å². The highest BCUT2D eigenvalue weighted by molar-refractivity contribution is 7.52. The van der Waals surface area contributed by atoms with E-state index in [1.165, 1.54) is 0 Å². The zero-order valence-electron chi connectivity index (χ0n) is 15.9. The summed E-state index contributed by atoms with van der Waals surface area (Å²) in [5, 5.41) is 0.915. The molecule has 0 aliphatic heterocycles. The first-order chi connectivity index (χ1) is 13.8. The first-order valence-electron chi connectivity index (χ1n) is 9.10. The van der Waals surface area contributed by atoms with Crippen LogP contribution in [0.2, 0.25) is 5.02 Å². The zero-order valence-corrected chi connectivity index (χ0v) is 17.5. The summed E-state index contributed by atoms with van der Waals surface area (Å²) in [6.45, 7) is 2.34. The van der Waals surface area contributed by atoms with Gasteiger partial charge >= 0.3 is 7.60 Å². The van der Waals surface area contributed by atoms with Crippen LogP contribution in [0.25, 0.3) is 10.9 Å². The fraction of sp³-hybridized carbons (Fsp3) is 0.250. The van der Waals surface area contributed by atoms with E-state index in [1.807, 2.05) is 41.1 Å². The summed E-state index contributed by atoms with van der Waals surface area (Å²) in [5.41, 5.74) is 7.95. The summed E-state index contributed by atoms with van der Waals surface area (Å²) >= 11 is 6.32. The molecule has 7 nitrogen and oxygen atoms in total. The van der Waals surface area contributed by atoms with E-state index in [-0.39, 0.29) is 23.4 Å². The summed E-state index contributed by atoms with van der Waals surface area (Å²) in [7, 11) is -3.87. The van der Waals surface area contributed by atoms with Crippen molar-refractivity contribution in [3.63, 3.8) is 0 Å². The number of aromatic nitrogens is 1. The van der Waals surface area contributed by atoms with E-state index in [2.05, 4.69) is 0 Å². The Hall–Kier alpha value is -2.31. The van der Waals surface area contributed by atoms with Crippen LogP contribution in [0.15, 0.2) is 48.7 Å². The number of amides is 1. The van der Waals surface area contributed by atoms with Gasteiger partial charge in [-0.15, -0.1) is 0 Å². The normalized spacial score (nSPS) is 13.3. The lowest BCUT2D eigenvalue weighted by molar-refractivity contribution is -0.117. The Morgan fingerprint density at radius 3 is 2.66 bits per heavy atom. The molecule has 0 aliphatic rings. The van der Waals surface area contributed by atoms with E-state index < -0.39 is 13.5 Å². The highest BCUT2D eigenvalue weighted by Gasteiger charge is 2.22. The minimum Gasteiger partial charge on any atom is -0.369 e. The van der Waals surface area contributed by atoms with E-state index in [4.69, 9.17) is 26.9 Å². The molecule has 2 aromatic carbocycles. The van der Waals surface area contributed by atoms with Crippen molar-refractivity contribution >= 4 is 36.0 Å². The lowest BCUT2D eigenvalue weighted by Crippen LogP contribution is -2.13. The molecule has 1 aromatic heterocycles. The van der Waals surface area contributed by atoms with Gasteiger partial charge in [0.1, 0.15) is 0 Å². The van der Waals surface area contributed by atoms with E-state index in [1.54, 1.807) is 19.1 Å². The second-order valence-corrected chi connectivity index (χ2v) is 9.01. The average molecular weight is 437 g/mol. The minimum absolute atomic E-state index is 0.0345. The second-order valence-electron chi connectivity index (χ2n) is 6.73. The van der Waals surface area contributed by atoms with E-state index in [0.29, 0.717) is 23.9 Å². The van der Waals surface area contributed by atoms with Crippen molar-refractivity contribution in [1.82, 2.24) is 4.57 Å². The number of nitrogens with zero attached hydrogens (tertiary/aromatic N) is 1. The van der Waals surface area contributed by atoms with E-state index >= 15 is 0 Å². The van der Waals surface area contributed by atoms with Crippen molar-refractivity contribution in [2.24, 2.45) is 5.73 Å². The average Bonchev–Trinajstić information content (AvgIpc) is 2.96. The number of nitrogens with two attached hydrogens (primary N) is 1. The van der Waals surface area contributed by atoms with Gasteiger partial charge in [-0.05, 0) is 29.7 Å². The van der Waals surface area contributed by atoms with Crippen molar-refractivity contribution in [2.45, 2.75) is 26.3 Å². The van der Waals surface area contributed by atoms with Crippen molar-refractivity contribution in [3.05, 3.63) is 64.8 Å². The summed E-state index contributed by atoms with van der Waals surface area (Å²) in [6, 6.07) is 13.1. The fourth-order valence-electron chi connectivity index (χ4n) is 3.09. The third-order valence-corrected chi connectivity index (χ3v) is 5.94. The summed E-state index contributed by atoms with van der Waals surface area (Å²) in [4.78, 5) is 26.3. The van der Waals surface area contributed by atoms with Crippen molar-refractivity contribution in [2.75, 3.05) is 6.16 Å². The molecule has 0 bridgehead atoms. The van der Waals surface area contributed by atoms with Crippen LogP contribution in [-0.2, 0) is 27.0 Å². The van der Waals surface area contributed by atoms with Gasteiger partial charge in [0.05, 0.1) is 23.1 Å². The third kappa shape index (κ3) is 5.40. The van der Waals surface area contributed by atoms with Crippen LogP contribution < -0.4 is 10.6 Å². The van der Waals surface area contributed by atoms with Crippen molar-refractivity contribution in [3.8, 4) is 5.75 Å². The van der Waals surface area contributed by atoms with Gasteiger partial charge in [0, 0.05) is 18.1 Å². The molecule has 1 heterocycles. The number of halogens is 1. The molecule has 3 aromatic rings. The Kier molecular flexibility index (Phi) is 6.65. The number of benzene rings is 2.